The highest BCUT2D eigenvalue weighted by Crippen LogP contribution is 2.25. The van der Waals surface area contributed by atoms with Crippen molar-refractivity contribution in [1.29, 1.82) is 0 Å². The lowest BCUT2D eigenvalue weighted by Crippen LogP contribution is -2.00. The third-order valence-electron chi connectivity index (χ3n) is 2.26. The predicted octanol–water partition coefficient (Wildman–Crippen LogP) is 2.34. The summed E-state index contributed by atoms with van der Waals surface area (Å²) < 4.78 is 7.61. The molecule has 0 spiro atoms. The lowest BCUT2D eigenvalue weighted by atomic mass is 10.2. The number of carboxylic acids is 1. The number of hydrogen-bond donors (Lipinski definition) is 1. The Balaban J connectivity index is 2.51. The van der Waals surface area contributed by atoms with Crippen LogP contribution >= 0.6 is 15.9 Å². The Morgan fingerprint density at radius 3 is 2.82 bits per heavy atom. The first kappa shape index (κ1) is 11.7. The van der Waals surface area contributed by atoms with E-state index in [-0.39, 0.29) is 5.56 Å². The Bertz CT molecular complexity index is 566. The zero-order chi connectivity index (χ0) is 12.4. The van der Waals surface area contributed by atoms with Gasteiger partial charge in [-0.05, 0) is 34.1 Å². The molecular formula is C11H9BrN2O3. The van der Waals surface area contributed by atoms with Gasteiger partial charge in [0.05, 0.1) is 18.4 Å². The van der Waals surface area contributed by atoms with Crippen LogP contribution in [0.1, 0.15) is 10.4 Å². The molecular weight excluding hydrogens is 288 g/mol. The van der Waals surface area contributed by atoms with Gasteiger partial charge in [0, 0.05) is 6.20 Å². The summed E-state index contributed by atoms with van der Waals surface area (Å²) in [6, 6.07) is 4.68. The fourth-order valence-corrected chi connectivity index (χ4v) is 1.77. The molecule has 0 bridgehead atoms. The van der Waals surface area contributed by atoms with Crippen molar-refractivity contribution in [2.24, 2.45) is 0 Å². The second-order valence-corrected chi connectivity index (χ2v) is 4.11. The maximum Gasteiger partial charge on any atom is 0.335 e. The average molecular weight is 297 g/mol. The lowest BCUT2D eigenvalue weighted by molar-refractivity contribution is 0.0696. The molecule has 1 N–H and O–H groups in total. The van der Waals surface area contributed by atoms with Gasteiger partial charge in [0.25, 0.3) is 0 Å². The topological polar surface area (TPSA) is 64.3 Å². The van der Waals surface area contributed by atoms with Crippen molar-refractivity contribution in [2.75, 3.05) is 7.11 Å². The molecule has 17 heavy (non-hydrogen) atoms. The molecule has 1 heterocycles. The Labute approximate surface area is 106 Å². The molecule has 0 unspecified atom stereocenters. The fraction of sp³-hybridized carbons (Fsp3) is 0.0909. The molecule has 0 saturated heterocycles. The van der Waals surface area contributed by atoms with E-state index in [1.165, 1.54) is 19.2 Å². The molecule has 88 valence electrons. The Morgan fingerprint density at radius 1 is 1.53 bits per heavy atom. The minimum Gasteiger partial charge on any atom is -0.495 e. The minimum absolute atomic E-state index is 0.185. The van der Waals surface area contributed by atoms with Crippen LogP contribution in [0.4, 0.5) is 0 Å². The summed E-state index contributed by atoms with van der Waals surface area (Å²) in [5, 5.41) is 8.89. The van der Waals surface area contributed by atoms with Gasteiger partial charge in [0.2, 0.25) is 0 Å². The minimum atomic E-state index is -0.985. The van der Waals surface area contributed by atoms with E-state index in [0.29, 0.717) is 10.4 Å². The molecule has 2 rings (SSSR count). The van der Waals surface area contributed by atoms with Crippen molar-refractivity contribution < 1.29 is 14.6 Å². The van der Waals surface area contributed by atoms with E-state index < -0.39 is 5.97 Å². The van der Waals surface area contributed by atoms with Gasteiger partial charge in [0.1, 0.15) is 16.7 Å². The van der Waals surface area contributed by atoms with Gasteiger partial charge in [-0.3, -0.25) is 0 Å². The van der Waals surface area contributed by atoms with Crippen molar-refractivity contribution in [1.82, 2.24) is 9.55 Å². The molecule has 0 aliphatic heterocycles. The number of carboxylic acid groups (broad SMARTS) is 1. The quantitative estimate of drug-likeness (QED) is 0.944. The molecule has 0 radical (unpaired) electrons. The lowest BCUT2D eigenvalue weighted by Gasteiger charge is -2.09. The van der Waals surface area contributed by atoms with Crippen LogP contribution in [-0.2, 0) is 0 Å². The number of methoxy groups -OCH3 is 1. The van der Waals surface area contributed by atoms with Crippen LogP contribution in [0.15, 0.2) is 35.3 Å². The largest absolute Gasteiger partial charge is 0.495 e. The summed E-state index contributed by atoms with van der Waals surface area (Å²) in [5.74, 6) is -0.503. The van der Waals surface area contributed by atoms with Crippen molar-refractivity contribution in [3.8, 4) is 11.4 Å². The first-order valence-electron chi connectivity index (χ1n) is 4.73. The predicted molar refractivity (Wildman–Crippen MR) is 64.8 cm³/mol. The van der Waals surface area contributed by atoms with Gasteiger partial charge in [-0.2, -0.15) is 0 Å². The number of benzene rings is 1. The van der Waals surface area contributed by atoms with Gasteiger partial charge < -0.3 is 14.4 Å². The first-order valence-corrected chi connectivity index (χ1v) is 5.52. The third-order valence-corrected chi connectivity index (χ3v) is 2.67. The van der Waals surface area contributed by atoms with E-state index in [1.807, 2.05) is 0 Å². The van der Waals surface area contributed by atoms with Crippen LogP contribution in [0.5, 0.6) is 5.75 Å². The molecule has 1 aromatic heterocycles. The van der Waals surface area contributed by atoms with Gasteiger partial charge in [-0.25, -0.2) is 9.78 Å². The van der Waals surface area contributed by atoms with Crippen LogP contribution in [0.3, 0.4) is 0 Å². The molecule has 6 heteroatoms. The molecule has 0 aliphatic rings. The SMILES string of the molecule is COc1cc(C(=O)O)ccc1-n1cnc(Br)c1. The van der Waals surface area contributed by atoms with E-state index >= 15 is 0 Å². The van der Waals surface area contributed by atoms with Gasteiger partial charge >= 0.3 is 5.97 Å². The van der Waals surface area contributed by atoms with E-state index in [1.54, 1.807) is 23.2 Å². The highest BCUT2D eigenvalue weighted by molar-refractivity contribution is 9.10. The number of aromatic carboxylic acids is 1. The molecule has 1 aromatic carbocycles. The van der Waals surface area contributed by atoms with Gasteiger partial charge in [0.15, 0.2) is 0 Å². The summed E-state index contributed by atoms with van der Waals surface area (Å²) in [7, 11) is 1.50. The van der Waals surface area contributed by atoms with Crippen LogP contribution in [0, 0.1) is 0 Å². The zero-order valence-electron chi connectivity index (χ0n) is 8.92. The van der Waals surface area contributed by atoms with E-state index in [4.69, 9.17) is 9.84 Å². The van der Waals surface area contributed by atoms with Gasteiger partial charge in [-0.15, -0.1) is 0 Å². The van der Waals surface area contributed by atoms with Crippen LogP contribution < -0.4 is 4.74 Å². The first-order chi connectivity index (χ1) is 8.11. The Morgan fingerprint density at radius 2 is 2.29 bits per heavy atom. The molecule has 0 atom stereocenters. The highest BCUT2D eigenvalue weighted by Gasteiger charge is 2.10. The molecule has 0 aliphatic carbocycles. The monoisotopic (exact) mass is 296 g/mol. The van der Waals surface area contributed by atoms with Crippen LogP contribution in [0.25, 0.3) is 5.69 Å². The normalized spacial score (nSPS) is 10.2. The maximum atomic E-state index is 10.8. The second-order valence-electron chi connectivity index (χ2n) is 3.30. The molecule has 0 fully saturated rings. The number of imidazole rings is 1. The van der Waals surface area contributed by atoms with E-state index in [9.17, 15) is 4.79 Å². The maximum absolute atomic E-state index is 10.8. The number of rotatable bonds is 3. The zero-order valence-corrected chi connectivity index (χ0v) is 10.5. The van der Waals surface area contributed by atoms with Crippen molar-refractivity contribution in [3.63, 3.8) is 0 Å². The number of ether oxygens (including phenoxy) is 1. The number of aromatic nitrogens is 2. The summed E-state index contributed by atoms with van der Waals surface area (Å²) in [6.07, 6.45) is 3.38. The number of hydrogen-bond acceptors (Lipinski definition) is 3. The van der Waals surface area contributed by atoms with Crippen molar-refractivity contribution in [2.45, 2.75) is 0 Å². The summed E-state index contributed by atoms with van der Waals surface area (Å²) in [5.41, 5.74) is 0.917. The van der Waals surface area contributed by atoms with Crippen LogP contribution in [-0.4, -0.2) is 27.7 Å². The van der Waals surface area contributed by atoms with E-state index in [2.05, 4.69) is 20.9 Å². The smallest absolute Gasteiger partial charge is 0.335 e. The average Bonchev–Trinajstić information content (AvgIpc) is 2.74. The number of halogens is 1. The molecule has 2 aromatic rings. The van der Waals surface area contributed by atoms with Crippen LogP contribution in [0.2, 0.25) is 0 Å². The summed E-state index contributed by atoms with van der Waals surface area (Å²) in [6.45, 7) is 0. The Kier molecular flexibility index (Phi) is 3.14. The fourth-order valence-electron chi connectivity index (χ4n) is 1.45. The standard InChI is InChI=1S/C11H9BrN2O3/c1-17-9-4-7(11(15)16)2-3-8(9)14-5-10(12)13-6-14/h2-6H,1H3,(H,15,16). The second kappa shape index (κ2) is 4.58. The Hall–Kier alpha value is -1.82. The summed E-state index contributed by atoms with van der Waals surface area (Å²) in [4.78, 5) is 14.9. The van der Waals surface area contributed by atoms with Crippen molar-refractivity contribution >= 4 is 21.9 Å². The number of carbonyl (C=O) groups is 1. The molecule has 0 saturated carbocycles. The van der Waals surface area contributed by atoms with E-state index in [0.717, 1.165) is 5.69 Å². The molecule has 0 amide bonds. The molecule has 5 nitrogen and oxygen atoms in total. The van der Waals surface area contributed by atoms with Crippen molar-refractivity contribution in [3.05, 3.63) is 40.9 Å². The summed E-state index contributed by atoms with van der Waals surface area (Å²) >= 11 is 3.25. The number of nitrogens with zero attached hydrogens (tertiary/aromatic N) is 2. The highest BCUT2D eigenvalue weighted by atomic mass is 79.9. The van der Waals surface area contributed by atoms with Gasteiger partial charge in [-0.1, -0.05) is 0 Å². The third kappa shape index (κ3) is 2.31.